The van der Waals surface area contributed by atoms with Crippen molar-refractivity contribution in [3.8, 4) is 6.07 Å². The van der Waals surface area contributed by atoms with E-state index in [9.17, 15) is 13.2 Å². The summed E-state index contributed by atoms with van der Waals surface area (Å²) in [6.45, 7) is 0.298. The molecular formula is C20H22F3NO. The van der Waals surface area contributed by atoms with Crippen molar-refractivity contribution in [2.45, 2.75) is 51.2 Å². The Labute approximate surface area is 146 Å². The molecule has 0 bridgehead atoms. The first kappa shape index (κ1) is 19.3. The van der Waals surface area contributed by atoms with E-state index in [-0.39, 0.29) is 6.10 Å². The fraction of sp³-hybridized carbons (Fsp3) is 0.450. The summed E-state index contributed by atoms with van der Waals surface area (Å²) in [5, 5.41) is 8.29. The minimum absolute atomic E-state index is 0.160. The van der Waals surface area contributed by atoms with Crippen LogP contribution in [-0.2, 0) is 11.3 Å². The predicted molar refractivity (Wildman–Crippen MR) is 90.1 cm³/mol. The summed E-state index contributed by atoms with van der Waals surface area (Å²) in [6.07, 6.45) is 10.7. The minimum Gasteiger partial charge on any atom is -0.374 e. The van der Waals surface area contributed by atoms with Gasteiger partial charge in [0.05, 0.1) is 12.7 Å². The lowest BCUT2D eigenvalue weighted by atomic mass is 9.84. The smallest absolute Gasteiger partial charge is 0.199 e. The van der Waals surface area contributed by atoms with E-state index in [0.717, 1.165) is 44.6 Å². The van der Waals surface area contributed by atoms with Crippen molar-refractivity contribution < 1.29 is 17.9 Å². The highest BCUT2D eigenvalue weighted by Crippen LogP contribution is 2.30. The van der Waals surface area contributed by atoms with E-state index in [1.54, 1.807) is 12.1 Å². The molecule has 1 aromatic carbocycles. The van der Waals surface area contributed by atoms with Gasteiger partial charge in [-0.2, -0.15) is 9.65 Å². The van der Waals surface area contributed by atoms with Crippen LogP contribution >= 0.6 is 0 Å². The maximum Gasteiger partial charge on any atom is 0.199 e. The van der Waals surface area contributed by atoms with Gasteiger partial charge in [0.15, 0.2) is 17.5 Å². The van der Waals surface area contributed by atoms with Crippen LogP contribution in [0.2, 0.25) is 0 Å². The number of halogens is 3. The van der Waals surface area contributed by atoms with E-state index in [1.807, 2.05) is 6.08 Å². The SMILES string of the molecule is N#CC(F)=CC=CCCC1CCC(OCc2ccc(F)c(F)c2)CC1. The highest BCUT2D eigenvalue weighted by atomic mass is 19.2. The van der Waals surface area contributed by atoms with Crippen LogP contribution in [0.15, 0.2) is 42.3 Å². The molecule has 0 unspecified atom stereocenters. The van der Waals surface area contributed by atoms with Crippen molar-refractivity contribution >= 4 is 0 Å². The van der Waals surface area contributed by atoms with Crippen molar-refractivity contribution in [3.05, 3.63) is 59.5 Å². The van der Waals surface area contributed by atoms with Crippen molar-refractivity contribution in [3.63, 3.8) is 0 Å². The topological polar surface area (TPSA) is 33.0 Å². The summed E-state index contributed by atoms with van der Waals surface area (Å²) >= 11 is 0. The molecule has 134 valence electrons. The van der Waals surface area contributed by atoms with E-state index in [0.29, 0.717) is 18.1 Å². The molecule has 1 aromatic rings. The summed E-state index contributed by atoms with van der Waals surface area (Å²) in [5.41, 5.74) is 0.642. The van der Waals surface area contributed by atoms with Crippen molar-refractivity contribution in [2.24, 2.45) is 5.92 Å². The van der Waals surface area contributed by atoms with Crippen LogP contribution in [-0.4, -0.2) is 6.10 Å². The summed E-state index contributed by atoms with van der Waals surface area (Å²) in [5.74, 6) is -1.85. The van der Waals surface area contributed by atoms with Crippen LogP contribution in [0, 0.1) is 28.9 Å². The summed E-state index contributed by atoms with van der Waals surface area (Å²) < 4.78 is 44.4. The number of hydrogen-bond acceptors (Lipinski definition) is 2. The fourth-order valence-electron chi connectivity index (χ4n) is 3.05. The lowest BCUT2D eigenvalue weighted by molar-refractivity contribution is 0.00634. The predicted octanol–water partition coefficient (Wildman–Crippen LogP) is 5.75. The van der Waals surface area contributed by atoms with Crippen LogP contribution in [0.4, 0.5) is 13.2 Å². The highest BCUT2D eigenvalue weighted by molar-refractivity contribution is 5.18. The first-order chi connectivity index (χ1) is 12.1. The zero-order valence-electron chi connectivity index (χ0n) is 14.1. The van der Waals surface area contributed by atoms with Gasteiger partial charge in [-0.15, -0.1) is 0 Å². The van der Waals surface area contributed by atoms with Crippen molar-refractivity contribution in [1.29, 1.82) is 5.26 Å². The average molecular weight is 349 g/mol. The van der Waals surface area contributed by atoms with Crippen LogP contribution in [0.25, 0.3) is 0 Å². The van der Waals surface area contributed by atoms with Gasteiger partial charge in [-0.1, -0.05) is 18.2 Å². The number of hydrogen-bond donors (Lipinski definition) is 0. The van der Waals surface area contributed by atoms with Gasteiger partial charge in [-0.3, -0.25) is 0 Å². The number of rotatable bonds is 7. The number of nitrogens with zero attached hydrogens (tertiary/aromatic N) is 1. The Hall–Kier alpha value is -2.06. The molecule has 0 heterocycles. The molecular weight excluding hydrogens is 327 g/mol. The molecule has 0 amide bonds. The molecule has 0 radical (unpaired) electrons. The van der Waals surface area contributed by atoms with E-state index in [2.05, 4.69) is 0 Å². The Kier molecular flexibility index (Phi) is 7.75. The molecule has 1 aliphatic rings. The maximum absolute atomic E-state index is 13.2. The van der Waals surface area contributed by atoms with Gasteiger partial charge < -0.3 is 4.74 Å². The molecule has 25 heavy (non-hydrogen) atoms. The molecule has 1 aliphatic carbocycles. The zero-order valence-corrected chi connectivity index (χ0v) is 14.1. The van der Waals surface area contributed by atoms with Crippen LogP contribution < -0.4 is 0 Å². The Morgan fingerprint density at radius 3 is 2.64 bits per heavy atom. The standard InChI is InChI=1S/C20H22F3NO/c21-17(13-24)5-3-1-2-4-15-6-9-18(10-7-15)25-14-16-8-11-19(22)20(23)12-16/h1,3,5,8,11-12,15,18H,2,4,6-7,9-10,14H2. The molecule has 0 spiro atoms. The minimum atomic E-state index is -0.845. The van der Waals surface area contributed by atoms with E-state index >= 15 is 0 Å². The van der Waals surface area contributed by atoms with Gasteiger partial charge in [0.1, 0.15) is 6.07 Å². The first-order valence-electron chi connectivity index (χ1n) is 8.56. The fourth-order valence-corrected chi connectivity index (χ4v) is 3.05. The van der Waals surface area contributed by atoms with Gasteiger partial charge in [0, 0.05) is 0 Å². The first-order valence-corrected chi connectivity index (χ1v) is 8.56. The van der Waals surface area contributed by atoms with Crippen LogP contribution in [0.1, 0.15) is 44.1 Å². The molecule has 1 saturated carbocycles. The second-order valence-corrected chi connectivity index (χ2v) is 6.33. The monoisotopic (exact) mass is 349 g/mol. The van der Waals surface area contributed by atoms with Gasteiger partial charge >= 0.3 is 0 Å². The highest BCUT2D eigenvalue weighted by Gasteiger charge is 2.21. The molecule has 1 fully saturated rings. The average Bonchev–Trinajstić information content (AvgIpc) is 2.63. The zero-order chi connectivity index (χ0) is 18.1. The Morgan fingerprint density at radius 1 is 1.20 bits per heavy atom. The van der Waals surface area contributed by atoms with Crippen molar-refractivity contribution in [2.75, 3.05) is 0 Å². The summed E-state index contributed by atoms with van der Waals surface area (Å²) in [7, 11) is 0. The molecule has 0 N–H and O–H groups in total. The van der Waals surface area contributed by atoms with Gasteiger partial charge in [0.2, 0.25) is 0 Å². The normalized spacial score (nSPS) is 21.4. The lowest BCUT2D eigenvalue weighted by Gasteiger charge is -2.28. The van der Waals surface area contributed by atoms with E-state index in [1.165, 1.54) is 18.2 Å². The molecule has 5 heteroatoms. The lowest BCUT2D eigenvalue weighted by Crippen LogP contribution is -2.21. The number of ether oxygens (including phenoxy) is 1. The molecule has 2 rings (SSSR count). The number of allylic oxidation sites excluding steroid dienone is 4. The second-order valence-electron chi connectivity index (χ2n) is 6.33. The molecule has 0 aromatic heterocycles. The third-order valence-corrected chi connectivity index (χ3v) is 4.49. The van der Waals surface area contributed by atoms with E-state index < -0.39 is 17.5 Å². The van der Waals surface area contributed by atoms with Crippen LogP contribution in [0.3, 0.4) is 0 Å². The van der Waals surface area contributed by atoms with E-state index in [4.69, 9.17) is 10.00 Å². The van der Waals surface area contributed by atoms with Crippen LogP contribution in [0.5, 0.6) is 0 Å². The largest absolute Gasteiger partial charge is 0.374 e. The summed E-state index contributed by atoms with van der Waals surface area (Å²) in [4.78, 5) is 0. The third kappa shape index (κ3) is 6.75. The maximum atomic E-state index is 13.2. The molecule has 0 atom stereocenters. The Balaban J connectivity index is 1.64. The summed E-state index contributed by atoms with van der Waals surface area (Å²) in [6, 6.07) is 5.27. The Morgan fingerprint density at radius 2 is 1.96 bits per heavy atom. The van der Waals surface area contributed by atoms with Gasteiger partial charge in [-0.05, 0) is 68.2 Å². The molecule has 2 nitrogen and oxygen atoms in total. The second kappa shape index (κ2) is 10.0. The number of nitriles is 1. The number of benzene rings is 1. The third-order valence-electron chi connectivity index (χ3n) is 4.49. The van der Waals surface area contributed by atoms with Gasteiger partial charge in [-0.25, -0.2) is 8.78 Å². The quantitative estimate of drug-likeness (QED) is 0.463. The van der Waals surface area contributed by atoms with Crippen molar-refractivity contribution in [1.82, 2.24) is 0 Å². The molecule has 0 aliphatic heterocycles. The van der Waals surface area contributed by atoms with Gasteiger partial charge in [0.25, 0.3) is 0 Å². The molecule has 0 saturated heterocycles. The Bertz CT molecular complexity index is 655.